The van der Waals surface area contributed by atoms with E-state index in [1.54, 1.807) is 12.1 Å². The van der Waals surface area contributed by atoms with Gasteiger partial charge < -0.3 is 15.4 Å². The van der Waals surface area contributed by atoms with Gasteiger partial charge in [-0.05, 0) is 42.9 Å². The zero-order valence-corrected chi connectivity index (χ0v) is 17.4. The predicted octanol–water partition coefficient (Wildman–Crippen LogP) is 4.74. The highest BCUT2D eigenvalue weighted by Gasteiger charge is 2.28. The lowest BCUT2D eigenvalue weighted by Crippen LogP contribution is -2.49. The molecular formula is C20H23Cl2N3OS. The van der Waals surface area contributed by atoms with Crippen LogP contribution in [-0.2, 0) is 4.74 Å². The Morgan fingerprint density at radius 2 is 1.81 bits per heavy atom. The van der Waals surface area contributed by atoms with Gasteiger partial charge in [0.1, 0.15) is 0 Å². The second kappa shape index (κ2) is 9.71. The average Bonchev–Trinajstić information content (AvgIpc) is 2.66. The maximum Gasteiger partial charge on any atom is 0.171 e. The Morgan fingerprint density at radius 1 is 1.11 bits per heavy atom. The maximum atomic E-state index is 6.23. The molecule has 2 aromatic rings. The van der Waals surface area contributed by atoms with Crippen LogP contribution in [0.4, 0.5) is 5.69 Å². The Bertz CT molecular complexity index is 769. The van der Waals surface area contributed by atoms with Crippen molar-refractivity contribution in [3.63, 3.8) is 0 Å². The third kappa shape index (κ3) is 5.56. The van der Waals surface area contributed by atoms with E-state index in [0.29, 0.717) is 15.2 Å². The molecule has 0 radical (unpaired) electrons. The van der Waals surface area contributed by atoms with Gasteiger partial charge in [-0.2, -0.15) is 0 Å². The molecule has 0 bridgehead atoms. The first-order valence-electron chi connectivity index (χ1n) is 8.94. The summed E-state index contributed by atoms with van der Waals surface area (Å²) in [6.45, 7) is 5.44. The SMILES string of the molecule is C[C@@H](NC(=S)Nc1ccc(Cl)cc1Cl)[C@@H](c1ccccc1)N1CCOCC1. The molecule has 0 unspecified atom stereocenters. The van der Waals surface area contributed by atoms with Crippen LogP contribution in [0.5, 0.6) is 0 Å². The molecule has 1 aliphatic rings. The molecule has 7 heteroatoms. The summed E-state index contributed by atoms with van der Waals surface area (Å²) in [5.41, 5.74) is 1.99. The normalized spacial score (nSPS) is 17.1. The molecular weight excluding hydrogens is 401 g/mol. The zero-order chi connectivity index (χ0) is 19.2. The van der Waals surface area contributed by atoms with Gasteiger partial charge in [0.05, 0.1) is 30.0 Å². The highest BCUT2D eigenvalue weighted by atomic mass is 35.5. The van der Waals surface area contributed by atoms with Gasteiger partial charge in [0, 0.05) is 24.2 Å². The topological polar surface area (TPSA) is 36.5 Å². The van der Waals surface area contributed by atoms with Crippen LogP contribution in [0.1, 0.15) is 18.5 Å². The molecule has 1 aliphatic heterocycles. The summed E-state index contributed by atoms with van der Waals surface area (Å²) in [7, 11) is 0. The highest BCUT2D eigenvalue weighted by molar-refractivity contribution is 7.80. The van der Waals surface area contributed by atoms with E-state index in [0.717, 1.165) is 32.0 Å². The van der Waals surface area contributed by atoms with E-state index in [1.807, 2.05) is 12.1 Å². The first kappa shape index (κ1) is 20.4. The molecule has 144 valence electrons. The lowest BCUT2D eigenvalue weighted by molar-refractivity contribution is 0.0102. The Kier molecular flexibility index (Phi) is 7.33. The van der Waals surface area contributed by atoms with Gasteiger partial charge in [-0.25, -0.2) is 0 Å². The van der Waals surface area contributed by atoms with Gasteiger partial charge in [-0.3, -0.25) is 4.90 Å². The third-order valence-electron chi connectivity index (χ3n) is 4.59. The van der Waals surface area contributed by atoms with Crippen LogP contribution >= 0.6 is 35.4 Å². The summed E-state index contributed by atoms with van der Waals surface area (Å²) >= 11 is 17.7. The lowest BCUT2D eigenvalue weighted by Gasteiger charge is -2.38. The van der Waals surface area contributed by atoms with Crippen molar-refractivity contribution in [2.45, 2.75) is 19.0 Å². The summed E-state index contributed by atoms with van der Waals surface area (Å²) in [4.78, 5) is 2.44. The molecule has 27 heavy (non-hydrogen) atoms. The number of morpholine rings is 1. The number of nitrogens with one attached hydrogen (secondary N) is 2. The Balaban J connectivity index is 1.71. The van der Waals surface area contributed by atoms with Crippen LogP contribution in [0, 0.1) is 0 Å². The average molecular weight is 424 g/mol. The van der Waals surface area contributed by atoms with Crippen molar-refractivity contribution >= 4 is 46.2 Å². The molecule has 2 aromatic carbocycles. The minimum atomic E-state index is 0.0941. The molecule has 2 N–H and O–H groups in total. The van der Waals surface area contributed by atoms with Crippen molar-refractivity contribution in [2.24, 2.45) is 0 Å². The van der Waals surface area contributed by atoms with E-state index < -0.39 is 0 Å². The van der Waals surface area contributed by atoms with Crippen molar-refractivity contribution in [1.82, 2.24) is 10.2 Å². The Hall–Kier alpha value is -1.37. The van der Waals surface area contributed by atoms with Gasteiger partial charge in [0.25, 0.3) is 0 Å². The first-order chi connectivity index (χ1) is 13.0. The lowest BCUT2D eigenvalue weighted by atomic mass is 9.98. The van der Waals surface area contributed by atoms with E-state index in [9.17, 15) is 0 Å². The molecule has 1 fully saturated rings. The highest BCUT2D eigenvalue weighted by Crippen LogP contribution is 2.27. The maximum absolute atomic E-state index is 6.23. The first-order valence-corrected chi connectivity index (χ1v) is 10.1. The molecule has 0 saturated carbocycles. The van der Waals surface area contributed by atoms with Crippen LogP contribution < -0.4 is 10.6 Å². The summed E-state index contributed by atoms with van der Waals surface area (Å²) in [5.74, 6) is 0. The molecule has 0 spiro atoms. The van der Waals surface area contributed by atoms with Gasteiger partial charge in [-0.1, -0.05) is 53.5 Å². The molecule has 0 aromatic heterocycles. The smallest absolute Gasteiger partial charge is 0.171 e. The minimum Gasteiger partial charge on any atom is -0.379 e. The number of benzene rings is 2. The molecule has 2 atom stereocenters. The zero-order valence-electron chi connectivity index (χ0n) is 15.1. The van der Waals surface area contributed by atoms with E-state index in [1.165, 1.54) is 5.56 Å². The van der Waals surface area contributed by atoms with Gasteiger partial charge in [0.15, 0.2) is 5.11 Å². The number of anilines is 1. The monoisotopic (exact) mass is 423 g/mol. The Labute approximate surface area is 175 Å². The van der Waals surface area contributed by atoms with Crippen molar-refractivity contribution in [2.75, 3.05) is 31.6 Å². The standard InChI is InChI=1S/C20H23Cl2N3OS/c1-14(23-20(27)24-18-8-7-16(21)13-17(18)22)19(15-5-3-2-4-6-15)25-9-11-26-12-10-25/h2-8,13-14,19H,9-12H2,1H3,(H2,23,24,27)/t14-,19+/m1/s1. The van der Waals surface area contributed by atoms with Gasteiger partial charge >= 0.3 is 0 Å². The van der Waals surface area contributed by atoms with Crippen LogP contribution in [0.3, 0.4) is 0 Å². The van der Waals surface area contributed by atoms with Crippen LogP contribution in [-0.4, -0.2) is 42.4 Å². The fourth-order valence-corrected chi connectivity index (χ4v) is 4.11. The second-order valence-electron chi connectivity index (χ2n) is 6.52. The fourth-order valence-electron chi connectivity index (χ4n) is 3.36. The number of hydrogen-bond donors (Lipinski definition) is 2. The molecule has 4 nitrogen and oxygen atoms in total. The summed E-state index contributed by atoms with van der Waals surface area (Å²) in [5, 5.41) is 8.23. The van der Waals surface area contributed by atoms with E-state index in [4.69, 9.17) is 40.2 Å². The minimum absolute atomic E-state index is 0.0941. The third-order valence-corrected chi connectivity index (χ3v) is 5.36. The van der Waals surface area contributed by atoms with Crippen LogP contribution in [0.2, 0.25) is 10.0 Å². The molecule has 3 rings (SSSR count). The van der Waals surface area contributed by atoms with E-state index in [2.05, 4.69) is 46.7 Å². The largest absolute Gasteiger partial charge is 0.379 e. The molecule has 1 saturated heterocycles. The van der Waals surface area contributed by atoms with E-state index in [-0.39, 0.29) is 12.1 Å². The second-order valence-corrected chi connectivity index (χ2v) is 7.77. The molecule has 0 amide bonds. The van der Waals surface area contributed by atoms with Crippen molar-refractivity contribution in [3.05, 3.63) is 64.1 Å². The number of halogens is 2. The molecule has 1 heterocycles. The van der Waals surface area contributed by atoms with E-state index >= 15 is 0 Å². The summed E-state index contributed by atoms with van der Waals surface area (Å²) in [6.07, 6.45) is 0. The Morgan fingerprint density at radius 3 is 2.48 bits per heavy atom. The van der Waals surface area contributed by atoms with Crippen molar-refractivity contribution in [3.8, 4) is 0 Å². The fraction of sp³-hybridized carbons (Fsp3) is 0.350. The van der Waals surface area contributed by atoms with Crippen molar-refractivity contribution < 1.29 is 4.74 Å². The van der Waals surface area contributed by atoms with Crippen LogP contribution in [0.25, 0.3) is 0 Å². The van der Waals surface area contributed by atoms with Crippen molar-refractivity contribution in [1.29, 1.82) is 0 Å². The van der Waals surface area contributed by atoms with Crippen LogP contribution in [0.15, 0.2) is 48.5 Å². The van der Waals surface area contributed by atoms with Gasteiger partial charge in [-0.15, -0.1) is 0 Å². The number of nitrogens with zero attached hydrogens (tertiary/aromatic N) is 1. The quantitative estimate of drug-likeness (QED) is 0.678. The summed E-state index contributed by atoms with van der Waals surface area (Å²) < 4.78 is 5.52. The number of thiocarbonyl (C=S) groups is 1. The number of ether oxygens (including phenoxy) is 1. The van der Waals surface area contributed by atoms with Gasteiger partial charge in [0.2, 0.25) is 0 Å². The number of hydrogen-bond acceptors (Lipinski definition) is 3. The number of rotatable bonds is 5. The molecule has 0 aliphatic carbocycles. The summed E-state index contributed by atoms with van der Waals surface area (Å²) in [6, 6.07) is 16.1. The predicted molar refractivity (Wildman–Crippen MR) is 117 cm³/mol.